The van der Waals surface area contributed by atoms with Crippen LogP contribution in [-0.2, 0) is 4.79 Å². The van der Waals surface area contributed by atoms with E-state index in [4.69, 9.17) is 4.74 Å². The highest BCUT2D eigenvalue weighted by molar-refractivity contribution is 9.10. The molecule has 1 unspecified atom stereocenters. The van der Waals surface area contributed by atoms with Crippen molar-refractivity contribution in [3.8, 4) is 5.75 Å². The Morgan fingerprint density at radius 3 is 2.75 bits per heavy atom. The zero-order valence-corrected chi connectivity index (χ0v) is 13.2. The van der Waals surface area contributed by atoms with Crippen LogP contribution in [0.1, 0.15) is 37.0 Å². The third-order valence-corrected chi connectivity index (χ3v) is 3.89. The second-order valence-electron chi connectivity index (χ2n) is 5.18. The SMILES string of the molecule is CC(=O)c1ccc(Br)cc1OCC(=O)NC(C)C1CC1. The summed E-state index contributed by atoms with van der Waals surface area (Å²) in [6.45, 7) is 3.41. The van der Waals surface area contributed by atoms with Crippen LogP contribution < -0.4 is 10.1 Å². The smallest absolute Gasteiger partial charge is 0.258 e. The van der Waals surface area contributed by atoms with E-state index < -0.39 is 0 Å². The zero-order chi connectivity index (χ0) is 14.7. The van der Waals surface area contributed by atoms with E-state index in [0.717, 1.165) is 4.47 Å². The van der Waals surface area contributed by atoms with Crippen molar-refractivity contribution < 1.29 is 14.3 Å². The average molecular weight is 340 g/mol. The first-order valence-corrected chi connectivity index (χ1v) is 7.49. The van der Waals surface area contributed by atoms with Crippen molar-refractivity contribution in [3.63, 3.8) is 0 Å². The lowest BCUT2D eigenvalue weighted by Gasteiger charge is -2.14. The molecule has 1 aliphatic rings. The molecule has 4 nitrogen and oxygen atoms in total. The highest BCUT2D eigenvalue weighted by Crippen LogP contribution is 2.32. The van der Waals surface area contributed by atoms with E-state index in [-0.39, 0.29) is 24.3 Å². The van der Waals surface area contributed by atoms with E-state index in [9.17, 15) is 9.59 Å². The van der Waals surface area contributed by atoms with Crippen molar-refractivity contribution in [2.45, 2.75) is 32.7 Å². The van der Waals surface area contributed by atoms with Crippen LogP contribution in [0.4, 0.5) is 0 Å². The Labute approximate surface area is 127 Å². The van der Waals surface area contributed by atoms with E-state index in [2.05, 4.69) is 21.2 Å². The Morgan fingerprint density at radius 2 is 2.15 bits per heavy atom. The number of rotatable bonds is 6. The summed E-state index contributed by atoms with van der Waals surface area (Å²) in [4.78, 5) is 23.3. The molecule has 1 atom stereocenters. The molecule has 0 aromatic heterocycles. The molecule has 0 aliphatic heterocycles. The van der Waals surface area contributed by atoms with Crippen molar-refractivity contribution in [2.24, 2.45) is 5.92 Å². The van der Waals surface area contributed by atoms with Crippen molar-refractivity contribution in [3.05, 3.63) is 28.2 Å². The molecule has 0 heterocycles. The van der Waals surface area contributed by atoms with Crippen LogP contribution in [-0.4, -0.2) is 24.3 Å². The third kappa shape index (κ3) is 4.07. The molecule has 2 rings (SSSR count). The van der Waals surface area contributed by atoms with Gasteiger partial charge in [0.1, 0.15) is 5.75 Å². The molecule has 1 aromatic rings. The number of Topliss-reactive ketones (excluding diaryl/α,β-unsaturated/α-hetero) is 1. The predicted octanol–water partition coefficient (Wildman–Crippen LogP) is 2.95. The van der Waals surface area contributed by atoms with E-state index in [1.54, 1.807) is 18.2 Å². The van der Waals surface area contributed by atoms with Gasteiger partial charge in [-0.25, -0.2) is 0 Å². The van der Waals surface area contributed by atoms with Crippen molar-refractivity contribution in [2.75, 3.05) is 6.61 Å². The van der Waals surface area contributed by atoms with E-state index in [0.29, 0.717) is 17.2 Å². The van der Waals surface area contributed by atoms with Gasteiger partial charge in [-0.1, -0.05) is 15.9 Å². The number of hydrogen-bond acceptors (Lipinski definition) is 3. The number of carbonyl (C=O) groups is 2. The Bertz CT molecular complexity index is 526. The maximum absolute atomic E-state index is 11.8. The lowest BCUT2D eigenvalue weighted by Crippen LogP contribution is -2.37. The summed E-state index contributed by atoms with van der Waals surface area (Å²) in [5, 5.41) is 2.91. The van der Waals surface area contributed by atoms with Crippen LogP contribution >= 0.6 is 15.9 Å². The van der Waals surface area contributed by atoms with Gasteiger partial charge in [-0.3, -0.25) is 9.59 Å². The predicted molar refractivity (Wildman–Crippen MR) is 80.0 cm³/mol. The first kappa shape index (κ1) is 15.0. The van der Waals surface area contributed by atoms with E-state index >= 15 is 0 Å². The monoisotopic (exact) mass is 339 g/mol. The second-order valence-corrected chi connectivity index (χ2v) is 6.09. The average Bonchev–Trinajstić information content (AvgIpc) is 3.20. The number of nitrogens with one attached hydrogen (secondary N) is 1. The highest BCUT2D eigenvalue weighted by atomic mass is 79.9. The Morgan fingerprint density at radius 1 is 1.45 bits per heavy atom. The van der Waals surface area contributed by atoms with Gasteiger partial charge >= 0.3 is 0 Å². The van der Waals surface area contributed by atoms with Crippen LogP contribution in [0.15, 0.2) is 22.7 Å². The standard InChI is InChI=1S/C15H18BrNO3/c1-9(11-3-4-11)17-15(19)8-20-14-7-12(16)5-6-13(14)10(2)18/h5-7,9,11H,3-4,8H2,1-2H3,(H,17,19). The largest absolute Gasteiger partial charge is 0.483 e. The lowest BCUT2D eigenvalue weighted by atomic mass is 10.1. The van der Waals surface area contributed by atoms with Gasteiger partial charge in [0, 0.05) is 10.5 Å². The van der Waals surface area contributed by atoms with Crippen LogP contribution in [0, 0.1) is 5.92 Å². The van der Waals surface area contributed by atoms with Gasteiger partial charge in [-0.2, -0.15) is 0 Å². The highest BCUT2D eigenvalue weighted by Gasteiger charge is 2.28. The molecular formula is C15H18BrNO3. The normalized spacial score (nSPS) is 15.6. The van der Waals surface area contributed by atoms with E-state index in [1.807, 2.05) is 6.92 Å². The van der Waals surface area contributed by atoms with Crippen LogP contribution in [0.25, 0.3) is 0 Å². The molecule has 1 saturated carbocycles. The number of ether oxygens (including phenoxy) is 1. The number of carbonyl (C=O) groups excluding carboxylic acids is 2. The number of hydrogen-bond donors (Lipinski definition) is 1. The van der Waals surface area contributed by atoms with Gasteiger partial charge in [0.25, 0.3) is 5.91 Å². The zero-order valence-electron chi connectivity index (χ0n) is 11.6. The minimum absolute atomic E-state index is 0.0756. The van der Waals surface area contributed by atoms with Gasteiger partial charge in [-0.05, 0) is 50.8 Å². The number of ketones is 1. The quantitative estimate of drug-likeness (QED) is 0.810. The number of amides is 1. The molecule has 1 N–H and O–H groups in total. The minimum Gasteiger partial charge on any atom is -0.483 e. The van der Waals surface area contributed by atoms with Gasteiger partial charge in [0.05, 0.1) is 5.56 Å². The molecule has 1 fully saturated rings. The molecule has 20 heavy (non-hydrogen) atoms. The first-order valence-electron chi connectivity index (χ1n) is 6.70. The van der Waals surface area contributed by atoms with Crippen LogP contribution in [0.2, 0.25) is 0 Å². The Kier molecular flexibility index (Phi) is 4.81. The maximum atomic E-state index is 11.8. The molecule has 0 spiro atoms. The molecule has 0 radical (unpaired) electrons. The second kappa shape index (κ2) is 6.39. The minimum atomic E-state index is -0.154. The topological polar surface area (TPSA) is 55.4 Å². The molecule has 1 aromatic carbocycles. The van der Waals surface area contributed by atoms with Gasteiger partial charge in [-0.15, -0.1) is 0 Å². The third-order valence-electron chi connectivity index (χ3n) is 3.40. The summed E-state index contributed by atoms with van der Waals surface area (Å²) in [6.07, 6.45) is 2.37. The summed E-state index contributed by atoms with van der Waals surface area (Å²) >= 11 is 3.33. The number of halogens is 1. The van der Waals surface area contributed by atoms with Gasteiger partial charge in [0.15, 0.2) is 12.4 Å². The fraction of sp³-hybridized carbons (Fsp3) is 0.467. The Balaban J connectivity index is 1.94. The molecule has 5 heteroatoms. The van der Waals surface area contributed by atoms with Crippen LogP contribution in [0.5, 0.6) is 5.75 Å². The summed E-state index contributed by atoms with van der Waals surface area (Å²) < 4.78 is 6.29. The Hall–Kier alpha value is -1.36. The fourth-order valence-corrected chi connectivity index (χ4v) is 2.40. The van der Waals surface area contributed by atoms with Crippen LogP contribution in [0.3, 0.4) is 0 Å². The fourth-order valence-electron chi connectivity index (χ4n) is 2.06. The summed E-state index contributed by atoms with van der Waals surface area (Å²) in [6, 6.07) is 5.36. The first-order chi connectivity index (χ1) is 9.47. The van der Waals surface area contributed by atoms with Crippen molar-refractivity contribution in [1.29, 1.82) is 0 Å². The summed E-state index contributed by atoms with van der Waals surface area (Å²) in [5.74, 6) is 0.803. The van der Waals surface area contributed by atoms with Crippen molar-refractivity contribution in [1.82, 2.24) is 5.32 Å². The number of benzene rings is 1. The molecular weight excluding hydrogens is 322 g/mol. The molecule has 108 valence electrons. The molecule has 0 bridgehead atoms. The molecule has 0 saturated heterocycles. The maximum Gasteiger partial charge on any atom is 0.258 e. The molecule has 1 aliphatic carbocycles. The van der Waals surface area contributed by atoms with Gasteiger partial charge in [0.2, 0.25) is 0 Å². The van der Waals surface area contributed by atoms with Crippen molar-refractivity contribution >= 4 is 27.6 Å². The lowest BCUT2D eigenvalue weighted by molar-refractivity contribution is -0.123. The summed E-state index contributed by atoms with van der Waals surface area (Å²) in [5.41, 5.74) is 0.483. The molecule has 1 amide bonds. The van der Waals surface area contributed by atoms with Gasteiger partial charge < -0.3 is 10.1 Å². The van der Waals surface area contributed by atoms with E-state index in [1.165, 1.54) is 19.8 Å². The summed E-state index contributed by atoms with van der Waals surface area (Å²) in [7, 11) is 0.